The summed E-state index contributed by atoms with van der Waals surface area (Å²) in [7, 11) is 1.64. The van der Waals surface area contributed by atoms with Gasteiger partial charge in [-0.15, -0.1) is 0 Å². The molecule has 0 spiro atoms. The molecule has 5 heteroatoms. The SMILES string of the molecule is COCCN(CCO)c1ccc(N)c(CC#N)c1. The molecule has 0 aliphatic rings. The molecule has 0 radical (unpaired) electrons. The largest absolute Gasteiger partial charge is 0.398 e. The topological polar surface area (TPSA) is 82.5 Å². The Kier molecular flexibility index (Phi) is 5.98. The molecule has 1 aromatic rings. The minimum absolute atomic E-state index is 0.0711. The van der Waals surface area contributed by atoms with E-state index in [2.05, 4.69) is 6.07 Å². The van der Waals surface area contributed by atoms with E-state index < -0.39 is 0 Å². The average molecular weight is 249 g/mol. The summed E-state index contributed by atoms with van der Waals surface area (Å²) in [6.45, 7) is 1.87. The molecule has 3 N–H and O–H groups in total. The molecule has 18 heavy (non-hydrogen) atoms. The molecule has 0 aliphatic carbocycles. The molecule has 0 bridgehead atoms. The second kappa shape index (κ2) is 7.54. The third-order valence-corrected chi connectivity index (χ3v) is 2.70. The van der Waals surface area contributed by atoms with Crippen LogP contribution in [-0.4, -0.2) is 38.5 Å². The Morgan fingerprint density at radius 3 is 2.83 bits per heavy atom. The van der Waals surface area contributed by atoms with Gasteiger partial charge in [0.2, 0.25) is 0 Å². The van der Waals surface area contributed by atoms with E-state index in [-0.39, 0.29) is 13.0 Å². The molecule has 0 saturated carbocycles. The lowest BCUT2D eigenvalue weighted by Crippen LogP contribution is -2.30. The summed E-state index contributed by atoms with van der Waals surface area (Å²) in [6, 6.07) is 7.67. The number of rotatable bonds is 7. The third kappa shape index (κ3) is 3.91. The van der Waals surface area contributed by atoms with Crippen LogP contribution in [0, 0.1) is 11.3 Å². The van der Waals surface area contributed by atoms with Crippen LogP contribution in [0.1, 0.15) is 5.56 Å². The van der Waals surface area contributed by atoms with E-state index in [1.54, 1.807) is 13.2 Å². The van der Waals surface area contributed by atoms with Gasteiger partial charge in [0.15, 0.2) is 0 Å². The average Bonchev–Trinajstić information content (AvgIpc) is 2.37. The zero-order valence-corrected chi connectivity index (χ0v) is 10.6. The van der Waals surface area contributed by atoms with Gasteiger partial charge in [0.1, 0.15) is 0 Å². The van der Waals surface area contributed by atoms with Gasteiger partial charge in [-0.2, -0.15) is 5.26 Å². The van der Waals surface area contributed by atoms with Crippen LogP contribution in [-0.2, 0) is 11.2 Å². The fraction of sp³-hybridized carbons (Fsp3) is 0.462. The second-order valence-electron chi connectivity index (χ2n) is 3.92. The maximum Gasteiger partial charge on any atom is 0.0670 e. The highest BCUT2D eigenvalue weighted by Gasteiger charge is 2.08. The first-order chi connectivity index (χ1) is 8.72. The van der Waals surface area contributed by atoms with Crippen molar-refractivity contribution in [2.24, 2.45) is 0 Å². The summed E-state index contributed by atoms with van der Waals surface area (Å²) in [5.74, 6) is 0. The zero-order valence-electron chi connectivity index (χ0n) is 10.6. The Hall–Kier alpha value is -1.77. The minimum Gasteiger partial charge on any atom is -0.398 e. The van der Waals surface area contributed by atoms with E-state index in [9.17, 15) is 0 Å². The molecular weight excluding hydrogens is 230 g/mol. The van der Waals surface area contributed by atoms with Gasteiger partial charge in [0.05, 0.1) is 25.7 Å². The number of aliphatic hydroxyl groups excluding tert-OH is 1. The molecule has 0 aliphatic heterocycles. The summed E-state index contributed by atoms with van der Waals surface area (Å²) < 4.78 is 5.04. The molecule has 0 unspecified atom stereocenters. The number of nitrogens with two attached hydrogens (primary N) is 1. The van der Waals surface area contributed by atoms with Crippen LogP contribution in [0.25, 0.3) is 0 Å². The molecule has 0 saturated heterocycles. The van der Waals surface area contributed by atoms with Crippen molar-refractivity contribution in [3.8, 4) is 6.07 Å². The fourth-order valence-corrected chi connectivity index (χ4v) is 1.72. The monoisotopic (exact) mass is 249 g/mol. The van der Waals surface area contributed by atoms with Crippen molar-refractivity contribution in [1.29, 1.82) is 5.26 Å². The van der Waals surface area contributed by atoms with E-state index in [0.29, 0.717) is 25.4 Å². The van der Waals surface area contributed by atoms with Gasteiger partial charge >= 0.3 is 0 Å². The van der Waals surface area contributed by atoms with Crippen molar-refractivity contribution in [2.45, 2.75) is 6.42 Å². The number of methoxy groups -OCH3 is 1. The first kappa shape index (κ1) is 14.3. The van der Waals surface area contributed by atoms with E-state index in [4.69, 9.17) is 20.8 Å². The quantitative estimate of drug-likeness (QED) is 0.698. The minimum atomic E-state index is 0.0711. The summed E-state index contributed by atoms with van der Waals surface area (Å²) in [5.41, 5.74) is 8.19. The maximum atomic E-state index is 9.07. The van der Waals surface area contributed by atoms with Gasteiger partial charge in [0.25, 0.3) is 0 Å². The molecule has 5 nitrogen and oxygen atoms in total. The van der Waals surface area contributed by atoms with Crippen LogP contribution in [0.5, 0.6) is 0 Å². The van der Waals surface area contributed by atoms with Crippen LogP contribution in [0.3, 0.4) is 0 Å². The lowest BCUT2D eigenvalue weighted by atomic mass is 10.1. The first-order valence-corrected chi connectivity index (χ1v) is 5.83. The van der Waals surface area contributed by atoms with Crippen LogP contribution >= 0.6 is 0 Å². The predicted octanol–water partition coefficient (Wildman–Crippen LogP) is 0.780. The van der Waals surface area contributed by atoms with E-state index in [0.717, 1.165) is 11.3 Å². The van der Waals surface area contributed by atoms with Crippen molar-refractivity contribution in [1.82, 2.24) is 0 Å². The Labute approximate surface area is 107 Å². The number of benzene rings is 1. The summed E-state index contributed by atoms with van der Waals surface area (Å²) in [4.78, 5) is 2.00. The fourth-order valence-electron chi connectivity index (χ4n) is 1.72. The summed E-state index contributed by atoms with van der Waals surface area (Å²) in [5, 5.41) is 17.8. The standard InChI is InChI=1S/C13H19N3O2/c1-18-9-7-16(6-8-17)12-2-3-13(15)11(10-12)4-5-14/h2-3,10,17H,4,6-9,15H2,1H3. The molecular formula is C13H19N3O2. The highest BCUT2D eigenvalue weighted by Crippen LogP contribution is 2.21. The molecule has 0 heterocycles. The highest BCUT2D eigenvalue weighted by molar-refractivity contribution is 5.59. The van der Waals surface area contributed by atoms with Crippen LogP contribution in [0.15, 0.2) is 18.2 Å². The number of ether oxygens (including phenoxy) is 1. The third-order valence-electron chi connectivity index (χ3n) is 2.70. The van der Waals surface area contributed by atoms with Crippen LogP contribution in [0.2, 0.25) is 0 Å². The van der Waals surface area contributed by atoms with Crippen molar-refractivity contribution in [2.75, 3.05) is 44.0 Å². The number of nitriles is 1. The lowest BCUT2D eigenvalue weighted by Gasteiger charge is -2.24. The molecule has 0 aromatic heterocycles. The van der Waals surface area contributed by atoms with Crippen molar-refractivity contribution >= 4 is 11.4 Å². The van der Waals surface area contributed by atoms with Gasteiger partial charge in [-0.25, -0.2) is 0 Å². The molecule has 1 aromatic carbocycles. The molecule has 0 atom stereocenters. The normalized spacial score (nSPS) is 10.1. The predicted molar refractivity (Wildman–Crippen MR) is 71.3 cm³/mol. The van der Waals surface area contributed by atoms with Gasteiger partial charge < -0.3 is 20.5 Å². The maximum absolute atomic E-state index is 9.07. The number of nitrogens with zero attached hydrogens (tertiary/aromatic N) is 2. The van der Waals surface area contributed by atoms with Crippen molar-refractivity contribution < 1.29 is 9.84 Å². The molecule has 0 fully saturated rings. The number of nitrogen functional groups attached to an aromatic ring is 1. The van der Waals surface area contributed by atoms with Gasteiger partial charge in [-0.1, -0.05) is 0 Å². The lowest BCUT2D eigenvalue weighted by molar-refractivity contribution is 0.203. The smallest absolute Gasteiger partial charge is 0.0670 e. The Morgan fingerprint density at radius 2 is 2.22 bits per heavy atom. The van der Waals surface area contributed by atoms with Crippen LogP contribution in [0.4, 0.5) is 11.4 Å². The van der Waals surface area contributed by atoms with Crippen molar-refractivity contribution in [3.05, 3.63) is 23.8 Å². The Balaban J connectivity index is 2.90. The zero-order chi connectivity index (χ0) is 13.4. The number of hydrogen-bond acceptors (Lipinski definition) is 5. The highest BCUT2D eigenvalue weighted by atomic mass is 16.5. The Bertz CT molecular complexity index is 415. The van der Waals surface area contributed by atoms with Gasteiger partial charge in [-0.3, -0.25) is 0 Å². The summed E-state index contributed by atoms with van der Waals surface area (Å²) in [6.07, 6.45) is 0.289. The first-order valence-electron chi connectivity index (χ1n) is 5.83. The molecule has 98 valence electrons. The molecule has 1 rings (SSSR count). The Morgan fingerprint density at radius 1 is 1.44 bits per heavy atom. The van der Waals surface area contributed by atoms with Crippen LogP contribution < -0.4 is 10.6 Å². The van der Waals surface area contributed by atoms with E-state index >= 15 is 0 Å². The summed E-state index contributed by atoms with van der Waals surface area (Å²) >= 11 is 0. The number of anilines is 2. The second-order valence-corrected chi connectivity index (χ2v) is 3.92. The van der Waals surface area contributed by atoms with Gasteiger partial charge in [-0.05, 0) is 23.8 Å². The van der Waals surface area contributed by atoms with E-state index in [1.807, 2.05) is 17.0 Å². The van der Waals surface area contributed by atoms with Crippen molar-refractivity contribution in [3.63, 3.8) is 0 Å². The van der Waals surface area contributed by atoms with E-state index in [1.165, 1.54) is 0 Å². The number of hydrogen-bond donors (Lipinski definition) is 2. The number of aliphatic hydroxyl groups is 1. The molecule has 0 amide bonds. The van der Waals surface area contributed by atoms with Gasteiger partial charge in [0, 0.05) is 31.6 Å².